The number of carbonyl (C=O) groups is 1. The van der Waals surface area contributed by atoms with Gasteiger partial charge in [0, 0.05) is 18.3 Å². The minimum absolute atomic E-state index is 0.133. The van der Waals surface area contributed by atoms with Crippen molar-refractivity contribution in [3.63, 3.8) is 0 Å². The molecule has 20 heavy (non-hydrogen) atoms. The van der Waals surface area contributed by atoms with Gasteiger partial charge in [0.15, 0.2) is 0 Å². The number of nitrogens with two attached hydrogens (primary N) is 1. The standard InChI is InChI=1S/C14H12Cl2N2O2/c1-18(9-2-4-10(19)5-3-9)14(20)8-6-11(15)13(16)12(17)7-8/h2-7,19H,17H2,1H3. The molecule has 4 nitrogen and oxygen atoms in total. The van der Waals surface area contributed by atoms with Gasteiger partial charge in [0.1, 0.15) is 5.75 Å². The van der Waals surface area contributed by atoms with Crippen molar-refractivity contribution in [2.75, 3.05) is 17.7 Å². The second kappa shape index (κ2) is 5.61. The third kappa shape index (κ3) is 2.81. The first kappa shape index (κ1) is 14.5. The Morgan fingerprint density at radius 3 is 2.35 bits per heavy atom. The molecule has 2 rings (SSSR count). The summed E-state index contributed by atoms with van der Waals surface area (Å²) in [5.41, 5.74) is 6.93. The van der Waals surface area contributed by atoms with Gasteiger partial charge >= 0.3 is 0 Å². The van der Waals surface area contributed by atoms with E-state index in [2.05, 4.69) is 0 Å². The molecule has 0 aromatic heterocycles. The van der Waals surface area contributed by atoms with E-state index in [1.54, 1.807) is 19.2 Å². The third-order valence-electron chi connectivity index (χ3n) is 2.84. The number of benzene rings is 2. The average Bonchev–Trinajstić information content (AvgIpc) is 2.43. The Balaban J connectivity index is 2.33. The van der Waals surface area contributed by atoms with Crippen molar-refractivity contribution in [2.45, 2.75) is 0 Å². The van der Waals surface area contributed by atoms with Crippen LogP contribution in [0.4, 0.5) is 11.4 Å². The highest BCUT2D eigenvalue weighted by Gasteiger charge is 2.16. The highest BCUT2D eigenvalue weighted by atomic mass is 35.5. The molecule has 0 saturated heterocycles. The minimum Gasteiger partial charge on any atom is -0.508 e. The predicted molar refractivity (Wildman–Crippen MR) is 81.7 cm³/mol. The van der Waals surface area contributed by atoms with Gasteiger partial charge in [-0.2, -0.15) is 0 Å². The zero-order valence-electron chi connectivity index (χ0n) is 10.6. The first-order valence-corrected chi connectivity index (χ1v) is 6.47. The number of nitrogen functional groups attached to an aromatic ring is 1. The smallest absolute Gasteiger partial charge is 0.258 e. The Kier molecular flexibility index (Phi) is 4.06. The maximum absolute atomic E-state index is 12.4. The normalized spacial score (nSPS) is 10.3. The van der Waals surface area contributed by atoms with Gasteiger partial charge in [-0.1, -0.05) is 23.2 Å². The molecule has 2 aromatic rings. The summed E-state index contributed by atoms with van der Waals surface area (Å²) in [5.74, 6) is -0.144. The molecule has 0 unspecified atom stereocenters. The molecule has 2 aromatic carbocycles. The molecule has 0 fully saturated rings. The van der Waals surface area contributed by atoms with Gasteiger partial charge in [0.05, 0.1) is 15.7 Å². The van der Waals surface area contributed by atoms with E-state index in [1.807, 2.05) is 0 Å². The monoisotopic (exact) mass is 310 g/mol. The largest absolute Gasteiger partial charge is 0.508 e. The molecule has 0 spiro atoms. The number of hydrogen-bond donors (Lipinski definition) is 2. The third-order valence-corrected chi connectivity index (χ3v) is 3.66. The number of phenolic OH excluding ortho intramolecular Hbond substituents is 1. The van der Waals surface area contributed by atoms with Crippen molar-refractivity contribution >= 4 is 40.5 Å². The Labute approximate surface area is 126 Å². The van der Waals surface area contributed by atoms with E-state index in [9.17, 15) is 9.90 Å². The van der Waals surface area contributed by atoms with E-state index >= 15 is 0 Å². The fourth-order valence-corrected chi connectivity index (χ4v) is 2.06. The summed E-state index contributed by atoms with van der Waals surface area (Å²) in [4.78, 5) is 13.8. The minimum atomic E-state index is -0.277. The molecule has 6 heteroatoms. The van der Waals surface area contributed by atoms with Crippen LogP contribution in [0.1, 0.15) is 10.4 Å². The molecule has 0 aliphatic rings. The van der Waals surface area contributed by atoms with Crippen LogP contribution in [0.5, 0.6) is 5.75 Å². The number of phenols is 1. The molecule has 104 valence electrons. The van der Waals surface area contributed by atoms with Crippen LogP contribution >= 0.6 is 23.2 Å². The van der Waals surface area contributed by atoms with Crippen LogP contribution in [-0.2, 0) is 0 Å². The summed E-state index contributed by atoms with van der Waals surface area (Å²) in [5, 5.41) is 9.71. The van der Waals surface area contributed by atoms with Gasteiger partial charge in [-0.3, -0.25) is 4.79 Å². The molecule has 0 heterocycles. The first-order valence-electron chi connectivity index (χ1n) is 5.71. The van der Waals surface area contributed by atoms with Gasteiger partial charge in [0.25, 0.3) is 5.91 Å². The van der Waals surface area contributed by atoms with Gasteiger partial charge in [0.2, 0.25) is 0 Å². The van der Waals surface area contributed by atoms with Gasteiger partial charge < -0.3 is 15.7 Å². The molecule has 0 saturated carbocycles. The molecule has 0 aliphatic carbocycles. The van der Waals surface area contributed by atoms with Gasteiger partial charge in [-0.15, -0.1) is 0 Å². The van der Waals surface area contributed by atoms with Crippen molar-refractivity contribution in [3.8, 4) is 5.75 Å². The van der Waals surface area contributed by atoms with E-state index in [1.165, 1.54) is 29.2 Å². The second-order valence-electron chi connectivity index (χ2n) is 4.24. The number of aromatic hydroxyl groups is 1. The fraction of sp³-hybridized carbons (Fsp3) is 0.0714. The number of carbonyl (C=O) groups excluding carboxylic acids is 1. The van der Waals surface area contributed by atoms with E-state index < -0.39 is 0 Å². The lowest BCUT2D eigenvalue weighted by molar-refractivity contribution is 0.0993. The van der Waals surface area contributed by atoms with Crippen molar-refractivity contribution in [3.05, 3.63) is 52.0 Å². The molecular weight excluding hydrogens is 299 g/mol. The summed E-state index contributed by atoms with van der Waals surface area (Å²) >= 11 is 11.8. The van der Waals surface area contributed by atoms with Crippen molar-refractivity contribution in [1.82, 2.24) is 0 Å². The highest BCUT2D eigenvalue weighted by molar-refractivity contribution is 6.44. The second-order valence-corrected chi connectivity index (χ2v) is 5.03. The van der Waals surface area contributed by atoms with Crippen LogP contribution < -0.4 is 10.6 Å². The van der Waals surface area contributed by atoms with Gasteiger partial charge in [-0.25, -0.2) is 0 Å². The Bertz CT molecular complexity index is 634. The van der Waals surface area contributed by atoms with E-state index in [0.29, 0.717) is 11.3 Å². The van der Waals surface area contributed by atoms with Crippen LogP contribution in [0.2, 0.25) is 10.0 Å². The number of amides is 1. The number of anilines is 2. The van der Waals surface area contributed by atoms with E-state index in [-0.39, 0.29) is 27.4 Å². The van der Waals surface area contributed by atoms with Crippen molar-refractivity contribution < 1.29 is 9.90 Å². The maximum Gasteiger partial charge on any atom is 0.258 e. The lowest BCUT2D eigenvalue weighted by Crippen LogP contribution is -2.26. The van der Waals surface area contributed by atoms with Crippen LogP contribution in [0, 0.1) is 0 Å². The van der Waals surface area contributed by atoms with Crippen LogP contribution in [0.25, 0.3) is 0 Å². The van der Waals surface area contributed by atoms with Crippen LogP contribution in [0.15, 0.2) is 36.4 Å². The molecule has 0 radical (unpaired) electrons. The lowest BCUT2D eigenvalue weighted by Gasteiger charge is -2.18. The summed E-state index contributed by atoms with van der Waals surface area (Å²) in [6.07, 6.45) is 0. The van der Waals surface area contributed by atoms with Crippen molar-refractivity contribution in [2.24, 2.45) is 0 Å². The number of rotatable bonds is 2. The van der Waals surface area contributed by atoms with Crippen molar-refractivity contribution in [1.29, 1.82) is 0 Å². The zero-order valence-corrected chi connectivity index (χ0v) is 12.1. The molecule has 0 atom stereocenters. The topological polar surface area (TPSA) is 66.6 Å². The van der Waals surface area contributed by atoms with E-state index in [4.69, 9.17) is 28.9 Å². The number of hydrogen-bond acceptors (Lipinski definition) is 3. The number of nitrogens with zero attached hydrogens (tertiary/aromatic N) is 1. The predicted octanol–water partition coefficient (Wildman–Crippen LogP) is 3.56. The summed E-state index contributed by atoms with van der Waals surface area (Å²) in [7, 11) is 1.62. The highest BCUT2D eigenvalue weighted by Crippen LogP contribution is 2.30. The Morgan fingerprint density at radius 1 is 1.20 bits per heavy atom. The first-order chi connectivity index (χ1) is 9.40. The maximum atomic E-state index is 12.4. The molecule has 3 N–H and O–H groups in total. The summed E-state index contributed by atoms with van der Waals surface area (Å²) in [6.45, 7) is 0. The molecular formula is C14H12Cl2N2O2. The van der Waals surface area contributed by atoms with Gasteiger partial charge in [-0.05, 0) is 36.4 Å². The van der Waals surface area contributed by atoms with Crippen LogP contribution in [-0.4, -0.2) is 18.1 Å². The fourth-order valence-electron chi connectivity index (χ4n) is 1.72. The number of halogens is 2. The summed E-state index contributed by atoms with van der Waals surface area (Å²) < 4.78 is 0. The molecule has 0 bridgehead atoms. The lowest BCUT2D eigenvalue weighted by atomic mass is 10.1. The zero-order chi connectivity index (χ0) is 14.9. The molecule has 0 aliphatic heterocycles. The van der Waals surface area contributed by atoms with Crippen LogP contribution in [0.3, 0.4) is 0 Å². The average molecular weight is 311 g/mol. The Hall–Kier alpha value is -1.91. The Morgan fingerprint density at radius 2 is 1.80 bits per heavy atom. The quantitative estimate of drug-likeness (QED) is 0.833. The summed E-state index contributed by atoms with van der Waals surface area (Å²) in [6, 6.07) is 9.22. The van der Waals surface area contributed by atoms with E-state index in [0.717, 1.165) is 0 Å². The SMILES string of the molecule is CN(C(=O)c1cc(N)c(Cl)c(Cl)c1)c1ccc(O)cc1. The molecule has 1 amide bonds.